The zero-order valence-corrected chi connectivity index (χ0v) is 12.1. The Morgan fingerprint density at radius 2 is 2.10 bits per heavy atom. The molecular formula is C12H12N2O4S2. The molecule has 20 heavy (non-hydrogen) atoms. The van der Waals surface area contributed by atoms with Crippen LogP contribution in [0.15, 0.2) is 39.9 Å². The maximum absolute atomic E-state index is 11.9. The zero-order valence-electron chi connectivity index (χ0n) is 10.5. The summed E-state index contributed by atoms with van der Waals surface area (Å²) in [5, 5.41) is 11.2. The molecule has 2 aromatic rings. The van der Waals surface area contributed by atoms with E-state index in [0.717, 1.165) is 0 Å². The Balaban J connectivity index is 2.33. The van der Waals surface area contributed by atoms with Crippen molar-refractivity contribution >= 4 is 33.0 Å². The Labute approximate surface area is 120 Å². The number of benzene rings is 1. The van der Waals surface area contributed by atoms with Crippen LogP contribution < -0.4 is 15.2 Å². The van der Waals surface area contributed by atoms with Gasteiger partial charge in [0.05, 0.1) is 12.7 Å². The number of hydrogen-bond acceptors (Lipinski definition) is 5. The lowest BCUT2D eigenvalue weighted by Gasteiger charge is -2.09. The second kappa shape index (κ2) is 5.61. The van der Waals surface area contributed by atoms with Gasteiger partial charge in [-0.3, -0.25) is 4.79 Å². The molecule has 0 aliphatic heterocycles. The van der Waals surface area contributed by atoms with Crippen LogP contribution in [0.3, 0.4) is 0 Å². The monoisotopic (exact) mass is 312 g/mol. The molecule has 1 amide bonds. The molecule has 0 fully saturated rings. The molecule has 0 aliphatic carbocycles. The first kappa shape index (κ1) is 14.5. The second-order valence-electron chi connectivity index (χ2n) is 3.88. The number of ether oxygens (including phenoxy) is 1. The fraction of sp³-hybridized carbons (Fsp3) is 0.0833. The van der Waals surface area contributed by atoms with E-state index >= 15 is 0 Å². The molecule has 0 unspecified atom stereocenters. The molecule has 0 aliphatic rings. The number of hydrogen-bond donors (Lipinski definition) is 2. The van der Waals surface area contributed by atoms with E-state index in [1.54, 1.807) is 16.8 Å². The summed E-state index contributed by atoms with van der Waals surface area (Å²) in [4.78, 5) is 11.7. The summed E-state index contributed by atoms with van der Waals surface area (Å²) >= 11 is 1.40. The van der Waals surface area contributed by atoms with Crippen molar-refractivity contribution < 1.29 is 17.9 Å². The number of thiophene rings is 1. The highest BCUT2D eigenvalue weighted by atomic mass is 32.2. The van der Waals surface area contributed by atoms with Gasteiger partial charge in [0, 0.05) is 11.1 Å². The minimum atomic E-state index is -3.93. The van der Waals surface area contributed by atoms with E-state index in [0.29, 0.717) is 11.3 Å². The van der Waals surface area contributed by atoms with Gasteiger partial charge in [-0.2, -0.15) is 11.3 Å². The van der Waals surface area contributed by atoms with Crippen molar-refractivity contribution in [2.75, 3.05) is 12.4 Å². The number of amides is 1. The third kappa shape index (κ3) is 3.16. The normalized spacial score (nSPS) is 11.1. The Morgan fingerprint density at radius 3 is 2.65 bits per heavy atom. The molecule has 1 aromatic heterocycles. The molecule has 1 heterocycles. The van der Waals surface area contributed by atoms with Crippen molar-refractivity contribution in [2.24, 2.45) is 5.14 Å². The fourth-order valence-electron chi connectivity index (χ4n) is 1.57. The highest BCUT2D eigenvalue weighted by Gasteiger charge is 2.16. The van der Waals surface area contributed by atoms with E-state index in [9.17, 15) is 13.2 Å². The second-order valence-corrected chi connectivity index (χ2v) is 6.19. The molecule has 3 N–H and O–H groups in total. The van der Waals surface area contributed by atoms with Gasteiger partial charge in [-0.05, 0) is 29.6 Å². The lowest BCUT2D eigenvalue weighted by Crippen LogP contribution is -2.15. The third-order valence-electron chi connectivity index (χ3n) is 2.51. The Morgan fingerprint density at radius 1 is 1.35 bits per heavy atom. The maximum Gasteiger partial charge on any atom is 0.256 e. The first-order chi connectivity index (χ1) is 9.41. The predicted octanol–water partition coefficient (Wildman–Crippen LogP) is 1.66. The summed E-state index contributed by atoms with van der Waals surface area (Å²) in [5.41, 5.74) is 0.828. The first-order valence-corrected chi connectivity index (χ1v) is 7.95. The molecule has 0 spiro atoms. The van der Waals surface area contributed by atoms with Crippen LogP contribution in [0.5, 0.6) is 5.75 Å². The van der Waals surface area contributed by atoms with Crippen molar-refractivity contribution in [3.63, 3.8) is 0 Å². The quantitative estimate of drug-likeness (QED) is 0.897. The van der Waals surface area contributed by atoms with E-state index in [1.165, 1.54) is 36.6 Å². The molecule has 2 rings (SSSR count). The summed E-state index contributed by atoms with van der Waals surface area (Å²) in [6.45, 7) is 0. The molecule has 0 saturated heterocycles. The number of rotatable bonds is 4. The summed E-state index contributed by atoms with van der Waals surface area (Å²) in [5.74, 6) is -0.196. The van der Waals surface area contributed by atoms with Crippen LogP contribution in [0, 0.1) is 0 Å². The van der Waals surface area contributed by atoms with Gasteiger partial charge in [0.1, 0.15) is 10.6 Å². The van der Waals surface area contributed by atoms with Crippen LogP contribution in [0.4, 0.5) is 5.69 Å². The van der Waals surface area contributed by atoms with Gasteiger partial charge in [-0.1, -0.05) is 0 Å². The van der Waals surface area contributed by atoms with Crippen LogP contribution >= 0.6 is 11.3 Å². The molecule has 0 bridgehead atoms. The topological polar surface area (TPSA) is 98.5 Å². The Hall–Kier alpha value is -1.90. The number of carbonyl (C=O) groups excluding carboxylic acids is 1. The van der Waals surface area contributed by atoms with Crippen molar-refractivity contribution in [3.05, 3.63) is 40.6 Å². The van der Waals surface area contributed by atoms with Crippen molar-refractivity contribution in [1.82, 2.24) is 0 Å². The molecule has 8 heteroatoms. The number of anilines is 1. The number of methoxy groups -OCH3 is 1. The molecule has 106 valence electrons. The van der Waals surface area contributed by atoms with Gasteiger partial charge in [0.2, 0.25) is 10.0 Å². The van der Waals surface area contributed by atoms with E-state index < -0.39 is 10.0 Å². The highest BCUT2D eigenvalue weighted by molar-refractivity contribution is 7.89. The first-order valence-electron chi connectivity index (χ1n) is 5.46. The molecule has 0 atom stereocenters. The van der Waals surface area contributed by atoms with Crippen LogP contribution in [0.1, 0.15) is 10.4 Å². The molecule has 6 nitrogen and oxygen atoms in total. The van der Waals surface area contributed by atoms with Crippen molar-refractivity contribution in [3.8, 4) is 5.75 Å². The highest BCUT2D eigenvalue weighted by Crippen LogP contribution is 2.26. The maximum atomic E-state index is 11.9. The zero-order chi connectivity index (χ0) is 14.8. The number of nitrogens with two attached hydrogens (primary N) is 1. The number of primary sulfonamides is 1. The molecule has 0 radical (unpaired) electrons. The van der Waals surface area contributed by atoms with Crippen LogP contribution in [0.2, 0.25) is 0 Å². The fourth-order valence-corrected chi connectivity index (χ4v) is 2.93. The molecule has 1 aromatic carbocycles. The average Bonchev–Trinajstić information content (AvgIpc) is 2.91. The lowest BCUT2D eigenvalue weighted by molar-refractivity contribution is 0.102. The number of carbonyl (C=O) groups is 1. The number of sulfonamides is 1. The average molecular weight is 312 g/mol. The molecular weight excluding hydrogens is 300 g/mol. The molecule has 0 saturated carbocycles. The predicted molar refractivity (Wildman–Crippen MR) is 76.6 cm³/mol. The van der Waals surface area contributed by atoms with Gasteiger partial charge in [0.25, 0.3) is 5.91 Å². The van der Waals surface area contributed by atoms with Crippen LogP contribution in [-0.4, -0.2) is 21.4 Å². The lowest BCUT2D eigenvalue weighted by atomic mass is 10.2. The van der Waals surface area contributed by atoms with Gasteiger partial charge in [-0.15, -0.1) is 0 Å². The minimum Gasteiger partial charge on any atom is -0.495 e. The Kier molecular flexibility index (Phi) is 4.07. The smallest absolute Gasteiger partial charge is 0.256 e. The summed E-state index contributed by atoms with van der Waals surface area (Å²) in [7, 11) is -2.59. The SMILES string of the molecule is COc1ccc(NC(=O)c2ccsc2)cc1S(N)(=O)=O. The van der Waals surface area contributed by atoms with Gasteiger partial charge in [-0.25, -0.2) is 13.6 Å². The van der Waals surface area contributed by atoms with Gasteiger partial charge < -0.3 is 10.1 Å². The van der Waals surface area contributed by atoms with E-state index in [1.807, 2.05) is 0 Å². The number of nitrogens with one attached hydrogen (secondary N) is 1. The van der Waals surface area contributed by atoms with E-state index in [2.05, 4.69) is 5.32 Å². The van der Waals surface area contributed by atoms with Crippen LogP contribution in [0.25, 0.3) is 0 Å². The van der Waals surface area contributed by atoms with E-state index in [-0.39, 0.29) is 16.6 Å². The minimum absolute atomic E-state index is 0.126. The third-order valence-corrected chi connectivity index (χ3v) is 4.13. The van der Waals surface area contributed by atoms with Crippen molar-refractivity contribution in [2.45, 2.75) is 4.90 Å². The van der Waals surface area contributed by atoms with Crippen molar-refractivity contribution in [1.29, 1.82) is 0 Å². The summed E-state index contributed by atoms with van der Waals surface area (Å²) in [6, 6.07) is 5.91. The van der Waals surface area contributed by atoms with Gasteiger partial charge in [0.15, 0.2) is 0 Å². The van der Waals surface area contributed by atoms with E-state index in [4.69, 9.17) is 9.88 Å². The summed E-state index contributed by atoms with van der Waals surface area (Å²) < 4.78 is 27.9. The standard InChI is InChI=1S/C12H12N2O4S2/c1-18-10-3-2-9(6-11(10)20(13,16)17)14-12(15)8-4-5-19-7-8/h2-7H,1H3,(H,14,15)(H2,13,16,17). The summed E-state index contributed by atoms with van der Waals surface area (Å²) in [6.07, 6.45) is 0. The Bertz CT molecular complexity index is 724. The van der Waals surface area contributed by atoms with Crippen LogP contribution in [-0.2, 0) is 10.0 Å². The van der Waals surface area contributed by atoms with Gasteiger partial charge >= 0.3 is 0 Å². The largest absolute Gasteiger partial charge is 0.495 e.